The molecule has 5 aromatic carbocycles. The Bertz CT molecular complexity index is 1800. The number of hydrogen-bond acceptors (Lipinski definition) is 5. The summed E-state index contributed by atoms with van der Waals surface area (Å²) in [4.78, 5) is 12.8. The lowest BCUT2D eigenvalue weighted by Gasteiger charge is -2.11. The van der Waals surface area contributed by atoms with Crippen LogP contribution in [0.5, 0.6) is 0 Å². The molecule has 40 heavy (non-hydrogen) atoms. The van der Waals surface area contributed by atoms with Crippen molar-refractivity contribution in [1.82, 2.24) is 20.2 Å². The number of aromatic nitrogens is 3. The van der Waals surface area contributed by atoms with E-state index in [0.717, 1.165) is 44.2 Å². The number of aryl methyl sites for hydroxylation is 2. The van der Waals surface area contributed by atoms with E-state index in [0.29, 0.717) is 5.16 Å². The number of thioether (sulfide) groups is 1. The van der Waals surface area contributed by atoms with Gasteiger partial charge in [0.2, 0.25) is 0 Å². The molecule has 7 heteroatoms. The molecule has 1 amide bonds. The Hall–Kier alpha value is -4.75. The van der Waals surface area contributed by atoms with Crippen molar-refractivity contribution in [3.63, 3.8) is 0 Å². The first-order valence-corrected chi connectivity index (χ1v) is 14.0. The number of nitrogens with zero attached hydrogens (tertiary/aromatic N) is 4. The van der Waals surface area contributed by atoms with Crippen LogP contribution in [0, 0.1) is 13.8 Å². The highest BCUT2D eigenvalue weighted by Gasteiger charge is 2.17. The lowest BCUT2D eigenvalue weighted by atomic mass is 9.97. The molecule has 0 radical (unpaired) electrons. The first-order chi connectivity index (χ1) is 19.6. The Morgan fingerprint density at radius 3 is 2.08 bits per heavy atom. The molecule has 0 saturated carbocycles. The smallest absolute Gasteiger partial charge is 0.250 e. The molecule has 0 fully saturated rings. The van der Waals surface area contributed by atoms with Crippen LogP contribution < -0.4 is 5.43 Å². The summed E-state index contributed by atoms with van der Waals surface area (Å²) >= 11 is 1.33. The highest BCUT2D eigenvalue weighted by molar-refractivity contribution is 7.99. The summed E-state index contributed by atoms with van der Waals surface area (Å²) in [7, 11) is 0. The van der Waals surface area contributed by atoms with Crippen molar-refractivity contribution in [3.05, 3.63) is 120 Å². The summed E-state index contributed by atoms with van der Waals surface area (Å²) in [5.74, 6) is 0.652. The summed E-state index contributed by atoms with van der Waals surface area (Å²) in [6.45, 7) is 4.11. The average molecular weight is 542 g/mol. The third-order valence-electron chi connectivity index (χ3n) is 6.76. The summed E-state index contributed by atoms with van der Waals surface area (Å²) in [6.07, 6.45) is 1.73. The monoisotopic (exact) mass is 541 g/mol. The molecule has 6 rings (SSSR count). The fraction of sp³-hybridized carbons (Fsp3) is 0.0909. The number of fused-ring (bicyclic) bond motifs is 2. The van der Waals surface area contributed by atoms with Crippen molar-refractivity contribution in [2.75, 3.05) is 5.75 Å². The summed E-state index contributed by atoms with van der Waals surface area (Å²) < 4.78 is 1.99. The maximum Gasteiger partial charge on any atom is 0.250 e. The van der Waals surface area contributed by atoms with Gasteiger partial charge in [-0.25, -0.2) is 5.43 Å². The topological polar surface area (TPSA) is 72.2 Å². The fourth-order valence-electron chi connectivity index (χ4n) is 4.70. The van der Waals surface area contributed by atoms with Crippen molar-refractivity contribution in [2.45, 2.75) is 19.0 Å². The number of rotatable bonds is 7. The lowest BCUT2D eigenvalue weighted by molar-refractivity contribution is -0.118. The van der Waals surface area contributed by atoms with Gasteiger partial charge in [0, 0.05) is 16.8 Å². The van der Waals surface area contributed by atoms with Crippen LogP contribution in [0.25, 0.3) is 38.6 Å². The second-order valence-corrected chi connectivity index (χ2v) is 10.6. The zero-order chi connectivity index (χ0) is 27.5. The third kappa shape index (κ3) is 5.24. The van der Waals surface area contributed by atoms with Crippen molar-refractivity contribution in [1.29, 1.82) is 0 Å². The largest absolute Gasteiger partial charge is 0.272 e. The maximum absolute atomic E-state index is 12.8. The van der Waals surface area contributed by atoms with Gasteiger partial charge in [-0.3, -0.25) is 9.36 Å². The number of amides is 1. The van der Waals surface area contributed by atoms with Gasteiger partial charge in [-0.05, 0) is 53.6 Å². The van der Waals surface area contributed by atoms with Gasteiger partial charge in [0.1, 0.15) is 0 Å². The van der Waals surface area contributed by atoms with Gasteiger partial charge >= 0.3 is 0 Å². The standard InChI is InChI=1S/C33H27N5OS/c1-22-11-15-24(16-12-22)32-36-37-33(38(32)27-17-13-23(2)14-18-27)40-21-31(39)35-34-20-30-28-9-5-3-7-25(28)19-26-8-4-6-10-29(26)30/h3-20H,21H2,1-2H3,(H,35,39). The van der Waals surface area contributed by atoms with Gasteiger partial charge in [0.05, 0.1) is 12.0 Å². The van der Waals surface area contributed by atoms with Gasteiger partial charge in [0.15, 0.2) is 11.0 Å². The lowest BCUT2D eigenvalue weighted by Crippen LogP contribution is -2.20. The normalized spacial score (nSPS) is 11.4. The molecule has 6 aromatic rings. The molecule has 0 aliphatic carbocycles. The molecule has 0 unspecified atom stereocenters. The highest BCUT2D eigenvalue weighted by Crippen LogP contribution is 2.29. The molecule has 0 aliphatic heterocycles. The zero-order valence-corrected chi connectivity index (χ0v) is 23.0. The number of carbonyl (C=O) groups is 1. The Balaban J connectivity index is 1.23. The minimum absolute atomic E-state index is 0.144. The fourth-order valence-corrected chi connectivity index (χ4v) is 5.44. The molecule has 1 N–H and O–H groups in total. The Labute approximate surface area is 236 Å². The van der Waals surface area contributed by atoms with E-state index in [2.05, 4.69) is 89.2 Å². The van der Waals surface area contributed by atoms with E-state index in [-0.39, 0.29) is 11.7 Å². The molecule has 1 heterocycles. The predicted molar refractivity (Wildman–Crippen MR) is 164 cm³/mol. The van der Waals surface area contributed by atoms with E-state index in [1.807, 2.05) is 53.1 Å². The number of hydrogen-bond donors (Lipinski definition) is 1. The maximum atomic E-state index is 12.8. The van der Waals surface area contributed by atoms with E-state index in [9.17, 15) is 4.79 Å². The van der Waals surface area contributed by atoms with Gasteiger partial charge in [-0.2, -0.15) is 5.10 Å². The van der Waals surface area contributed by atoms with Crippen LogP contribution in [0.15, 0.2) is 113 Å². The number of nitrogens with one attached hydrogen (secondary N) is 1. The average Bonchev–Trinajstić information content (AvgIpc) is 3.40. The molecule has 1 aromatic heterocycles. The van der Waals surface area contributed by atoms with Crippen molar-refractivity contribution >= 4 is 45.4 Å². The van der Waals surface area contributed by atoms with E-state index < -0.39 is 0 Å². The molecule has 0 aliphatic rings. The van der Waals surface area contributed by atoms with Crippen molar-refractivity contribution in [3.8, 4) is 17.1 Å². The number of hydrazone groups is 1. The van der Waals surface area contributed by atoms with E-state index in [1.165, 1.54) is 22.9 Å². The van der Waals surface area contributed by atoms with Crippen LogP contribution in [0.3, 0.4) is 0 Å². The van der Waals surface area contributed by atoms with Crippen LogP contribution >= 0.6 is 11.8 Å². The second-order valence-electron chi connectivity index (χ2n) is 9.66. The molecule has 0 bridgehead atoms. The first-order valence-electron chi connectivity index (χ1n) is 13.0. The second kappa shape index (κ2) is 11.2. The van der Waals surface area contributed by atoms with Crippen LogP contribution in [-0.4, -0.2) is 32.6 Å². The molecule has 0 saturated heterocycles. The van der Waals surface area contributed by atoms with Crippen LogP contribution in [0.4, 0.5) is 0 Å². The summed E-state index contributed by atoms with van der Waals surface area (Å²) in [6, 6.07) is 35.0. The van der Waals surface area contributed by atoms with Crippen LogP contribution in [0.2, 0.25) is 0 Å². The summed E-state index contributed by atoms with van der Waals surface area (Å²) in [5, 5.41) is 18.3. The summed E-state index contributed by atoms with van der Waals surface area (Å²) in [5.41, 5.74) is 7.91. The van der Waals surface area contributed by atoms with Gasteiger partial charge in [0.25, 0.3) is 5.91 Å². The van der Waals surface area contributed by atoms with Gasteiger partial charge < -0.3 is 0 Å². The van der Waals surface area contributed by atoms with Crippen molar-refractivity contribution in [2.24, 2.45) is 5.10 Å². The van der Waals surface area contributed by atoms with Crippen molar-refractivity contribution < 1.29 is 4.79 Å². The highest BCUT2D eigenvalue weighted by atomic mass is 32.2. The molecular formula is C33H27N5OS. The molecule has 6 nitrogen and oxygen atoms in total. The molecule has 0 spiro atoms. The first kappa shape index (κ1) is 25.5. The predicted octanol–water partition coefficient (Wildman–Crippen LogP) is 7.10. The molecular weight excluding hydrogens is 514 g/mol. The van der Waals surface area contributed by atoms with E-state index in [4.69, 9.17) is 0 Å². The van der Waals surface area contributed by atoms with E-state index in [1.54, 1.807) is 6.21 Å². The van der Waals surface area contributed by atoms with Crippen LogP contribution in [0.1, 0.15) is 16.7 Å². The van der Waals surface area contributed by atoms with E-state index >= 15 is 0 Å². The zero-order valence-electron chi connectivity index (χ0n) is 22.2. The molecule has 0 atom stereocenters. The minimum atomic E-state index is -0.221. The van der Waals surface area contributed by atoms with Crippen LogP contribution in [-0.2, 0) is 4.79 Å². The van der Waals surface area contributed by atoms with Gasteiger partial charge in [-0.15, -0.1) is 10.2 Å². The third-order valence-corrected chi connectivity index (χ3v) is 7.69. The minimum Gasteiger partial charge on any atom is -0.272 e. The Morgan fingerprint density at radius 2 is 1.43 bits per heavy atom. The quantitative estimate of drug-likeness (QED) is 0.101. The SMILES string of the molecule is Cc1ccc(-c2nnc(SCC(=O)NN=Cc3c4ccccc4cc4ccccc34)n2-c2ccc(C)cc2)cc1. The van der Waals surface area contributed by atoms with Gasteiger partial charge in [-0.1, -0.05) is 108 Å². The molecule has 196 valence electrons. The number of benzene rings is 5. The Morgan fingerprint density at radius 1 is 0.825 bits per heavy atom. The Kier molecular flexibility index (Phi) is 7.12. The number of carbonyl (C=O) groups excluding carboxylic acids is 1.